The fourth-order valence-corrected chi connectivity index (χ4v) is 5.82. The molecule has 0 saturated heterocycles. The van der Waals surface area contributed by atoms with Gasteiger partial charge in [0.2, 0.25) is 0 Å². The number of hydrogen-bond acceptors (Lipinski definition) is 6. The van der Waals surface area contributed by atoms with E-state index < -0.39 is 0 Å². The highest BCUT2D eigenvalue weighted by Crippen LogP contribution is 2.43. The summed E-state index contributed by atoms with van der Waals surface area (Å²) in [6.07, 6.45) is 3.51. The van der Waals surface area contributed by atoms with Gasteiger partial charge in [0.25, 0.3) is 0 Å². The smallest absolute Gasteiger partial charge is 0.191 e. The summed E-state index contributed by atoms with van der Waals surface area (Å²) < 4.78 is 0.958. The Balaban J connectivity index is 1.58. The zero-order valence-electron chi connectivity index (χ0n) is 14.3. The van der Waals surface area contributed by atoms with E-state index in [1.54, 1.807) is 11.3 Å². The Kier molecular flexibility index (Phi) is 5.03. The molecular formula is C19H18BrN3OS2. The lowest BCUT2D eigenvalue weighted by Crippen LogP contribution is -2.06. The Bertz CT molecular complexity index is 985. The second-order valence-electron chi connectivity index (χ2n) is 6.52. The number of thiophene rings is 1. The number of aryl methyl sites for hydroxylation is 1. The zero-order chi connectivity index (χ0) is 18.3. The predicted molar refractivity (Wildman–Crippen MR) is 112 cm³/mol. The van der Waals surface area contributed by atoms with E-state index in [-0.39, 0.29) is 5.78 Å². The topological polar surface area (TPSA) is 68.9 Å². The van der Waals surface area contributed by atoms with E-state index in [0.717, 1.165) is 21.1 Å². The number of fused-ring (bicyclic) bond motifs is 3. The minimum absolute atomic E-state index is 0.0591. The molecule has 2 N–H and O–H groups in total. The summed E-state index contributed by atoms with van der Waals surface area (Å²) in [6, 6.07) is 7.38. The van der Waals surface area contributed by atoms with Gasteiger partial charge >= 0.3 is 0 Å². The Morgan fingerprint density at radius 2 is 2.12 bits per heavy atom. The number of benzene rings is 1. The van der Waals surface area contributed by atoms with Gasteiger partial charge in [-0.15, -0.1) is 11.3 Å². The first-order valence-electron chi connectivity index (χ1n) is 8.53. The fraction of sp³-hybridized carbons (Fsp3) is 0.316. The van der Waals surface area contributed by atoms with Crippen molar-refractivity contribution in [1.29, 1.82) is 0 Å². The lowest BCUT2D eigenvalue weighted by molar-refractivity contribution is 0.102. The van der Waals surface area contributed by atoms with Crippen molar-refractivity contribution < 1.29 is 4.79 Å². The maximum Gasteiger partial charge on any atom is 0.191 e. The number of nitrogens with zero attached hydrogens (tertiary/aromatic N) is 2. The molecule has 134 valence electrons. The number of rotatable bonds is 4. The van der Waals surface area contributed by atoms with Crippen molar-refractivity contribution >= 4 is 60.8 Å². The van der Waals surface area contributed by atoms with Gasteiger partial charge in [0, 0.05) is 14.9 Å². The molecular weight excluding hydrogens is 430 g/mol. The van der Waals surface area contributed by atoms with Gasteiger partial charge in [-0.25, -0.2) is 9.97 Å². The lowest BCUT2D eigenvalue weighted by atomic mass is 9.87. The number of halogens is 1. The standard InChI is InChI=1S/C19H18BrN3OS2/c1-10-3-2-4-14-15(10)16-17(21)22-19(23-18(16)26-14)25-9-13(24)11-5-7-12(20)8-6-11/h5-8,10H,2-4,9H2,1H3,(H2,21,22,23)/t10-/m1/s1. The van der Waals surface area contributed by atoms with Crippen molar-refractivity contribution in [3.8, 4) is 0 Å². The Labute approximate surface area is 168 Å². The summed E-state index contributed by atoms with van der Waals surface area (Å²) in [5.41, 5.74) is 8.31. The first-order valence-corrected chi connectivity index (χ1v) is 11.1. The summed E-state index contributed by atoms with van der Waals surface area (Å²) in [5, 5.41) is 1.60. The Hall–Kier alpha value is -1.44. The van der Waals surface area contributed by atoms with Crippen LogP contribution in [0, 0.1) is 0 Å². The number of thioether (sulfide) groups is 1. The predicted octanol–water partition coefficient (Wildman–Crippen LogP) is 5.45. The Morgan fingerprint density at radius 1 is 1.35 bits per heavy atom. The van der Waals surface area contributed by atoms with Crippen molar-refractivity contribution in [1.82, 2.24) is 9.97 Å². The fourth-order valence-electron chi connectivity index (χ4n) is 3.41. The second kappa shape index (κ2) is 7.29. The number of nitrogen functional groups attached to an aromatic ring is 1. The van der Waals surface area contributed by atoms with Gasteiger partial charge in [0.15, 0.2) is 10.9 Å². The summed E-state index contributed by atoms with van der Waals surface area (Å²) in [7, 11) is 0. The maximum absolute atomic E-state index is 12.4. The van der Waals surface area contributed by atoms with Crippen LogP contribution in [0.2, 0.25) is 0 Å². The number of aromatic nitrogens is 2. The molecule has 0 bridgehead atoms. The van der Waals surface area contributed by atoms with Crippen molar-refractivity contribution in [2.75, 3.05) is 11.5 Å². The minimum atomic E-state index is 0.0591. The summed E-state index contributed by atoms with van der Waals surface area (Å²) >= 11 is 6.46. The Morgan fingerprint density at radius 3 is 2.88 bits per heavy atom. The highest BCUT2D eigenvalue weighted by atomic mass is 79.9. The molecule has 2 aromatic heterocycles. The normalized spacial score (nSPS) is 16.6. The van der Waals surface area contributed by atoms with Gasteiger partial charge in [-0.1, -0.05) is 46.7 Å². The van der Waals surface area contributed by atoms with Crippen LogP contribution >= 0.6 is 39.0 Å². The van der Waals surface area contributed by atoms with Crippen LogP contribution in [0.1, 0.15) is 46.5 Å². The third-order valence-corrected chi connectivity index (χ3v) is 7.24. The first-order chi connectivity index (χ1) is 12.5. The van der Waals surface area contributed by atoms with Crippen LogP contribution in [0.4, 0.5) is 5.82 Å². The summed E-state index contributed by atoms with van der Waals surface area (Å²) in [5.74, 6) is 1.41. The SMILES string of the molecule is C[C@@H]1CCCc2sc3nc(SCC(=O)c4ccc(Br)cc4)nc(N)c3c21. The van der Waals surface area contributed by atoms with Gasteiger partial charge in [0.05, 0.1) is 11.1 Å². The number of ketones is 1. The molecule has 1 aliphatic carbocycles. The van der Waals surface area contributed by atoms with E-state index in [1.807, 2.05) is 24.3 Å². The lowest BCUT2D eigenvalue weighted by Gasteiger charge is -2.18. The second-order valence-corrected chi connectivity index (χ2v) is 9.46. The van der Waals surface area contributed by atoms with Crippen LogP contribution in [0.25, 0.3) is 10.2 Å². The number of Topliss-reactive ketones (excluding diaryl/α,β-unsaturated/α-hetero) is 1. The van der Waals surface area contributed by atoms with Crippen LogP contribution in [0.3, 0.4) is 0 Å². The average molecular weight is 448 g/mol. The van der Waals surface area contributed by atoms with E-state index in [2.05, 4.69) is 32.8 Å². The van der Waals surface area contributed by atoms with Crippen LogP contribution < -0.4 is 5.73 Å². The van der Waals surface area contributed by atoms with Crippen LogP contribution in [0.15, 0.2) is 33.9 Å². The molecule has 3 aromatic rings. The molecule has 4 rings (SSSR count). The monoisotopic (exact) mass is 447 g/mol. The zero-order valence-corrected chi connectivity index (χ0v) is 17.5. The number of carbonyl (C=O) groups excluding carboxylic acids is 1. The third-order valence-electron chi connectivity index (χ3n) is 4.71. The van der Waals surface area contributed by atoms with Crippen molar-refractivity contribution in [2.45, 2.75) is 37.3 Å². The van der Waals surface area contributed by atoms with Gasteiger partial charge in [-0.2, -0.15) is 0 Å². The van der Waals surface area contributed by atoms with Crippen LogP contribution in [-0.2, 0) is 6.42 Å². The highest BCUT2D eigenvalue weighted by molar-refractivity contribution is 9.10. The molecule has 0 radical (unpaired) electrons. The molecule has 0 unspecified atom stereocenters. The minimum Gasteiger partial charge on any atom is -0.383 e. The molecule has 1 atom stereocenters. The molecule has 4 nitrogen and oxygen atoms in total. The summed E-state index contributed by atoms with van der Waals surface area (Å²) in [6.45, 7) is 2.25. The van der Waals surface area contributed by atoms with E-state index in [9.17, 15) is 4.79 Å². The molecule has 0 fully saturated rings. The third kappa shape index (κ3) is 3.40. The van der Waals surface area contributed by atoms with E-state index in [1.165, 1.54) is 35.0 Å². The van der Waals surface area contributed by atoms with E-state index in [0.29, 0.717) is 28.2 Å². The molecule has 0 amide bonds. The van der Waals surface area contributed by atoms with Crippen LogP contribution in [0.5, 0.6) is 0 Å². The quantitative estimate of drug-likeness (QED) is 0.327. The van der Waals surface area contributed by atoms with Gasteiger partial charge in [-0.3, -0.25) is 4.79 Å². The molecule has 2 heterocycles. The van der Waals surface area contributed by atoms with Crippen molar-refractivity contribution in [3.05, 3.63) is 44.7 Å². The number of carbonyl (C=O) groups is 1. The maximum atomic E-state index is 12.4. The van der Waals surface area contributed by atoms with E-state index in [4.69, 9.17) is 5.73 Å². The molecule has 26 heavy (non-hydrogen) atoms. The molecule has 0 saturated carbocycles. The summed E-state index contributed by atoms with van der Waals surface area (Å²) in [4.78, 5) is 23.9. The molecule has 1 aromatic carbocycles. The van der Waals surface area contributed by atoms with Crippen LogP contribution in [-0.4, -0.2) is 21.5 Å². The van der Waals surface area contributed by atoms with Gasteiger partial charge in [-0.05, 0) is 42.9 Å². The average Bonchev–Trinajstić information content (AvgIpc) is 3.00. The van der Waals surface area contributed by atoms with Crippen molar-refractivity contribution in [3.63, 3.8) is 0 Å². The number of nitrogens with two attached hydrogens (primary N) is 1. The van der Waals surface area contributed by atoms with Gasteiger partial charge < -0.3 is 5.73 Å². The molecule has 7 heteroatoms. The largest absolute Gasteiger partial charge is 0.383 e. The van der Waals surface area contributed by atoms with Crippen molar-refractivity contribution in [2.24, 2.45) is 0 Å². The molecule has 1 aliphatic rings. The number of hydrogen-bond donors (Lipinski definition) is 1. The highest BCUT2D eigenvalue weighted by Gasteiger charge is 2.25. The molecule has 0 spiro atoms. The van der Waals surface area contributed by atoms with E-state index >= 15 is 0 Å². The molecule has 0 aliphatic heterocycles. The first kappa shape index (κ1) is 17.9. The van der Waals surface area contributed by atoms with Gasteiger partial charge in [0.1, 0.15) is 10.6 Å². The number of anilines is 1.